The van der Waals surface area contributed by atoms with E-state index in [1.165, 1.54) is 32.2 Å². The van der Waals surface area contributed by atoms with E-state index in [4.69, 9.17) is 0 Å². The van der Waals surface area contributed by atoms with E-state index in [1.807, 2.05) is 0 Å². The van der Waals surface area contributed by atoms with Crippen LogP contribution in [0.3, 0.4) is 0 Å². The van der Waals surface area contributed by atoms with Gasteiger partial charge < -0.3 is 5.32 Å². The molecule has 0 saturated carbocycles. The predicted octanol–water partition coefficient (Wildman–Crippen LogP) is 2.34. The zero-order valence-electron chi connectivity index (χ0n) is 7.92. The Bertz CT molecular complexity index is 174. The SMILES string of the molecule is CC1NCC2CCC=CCCC21. The molecule has 0 amide bonds. The van der Waals surface area contributed by atoms with Gasteiger partial charge in [-0.25, -0.2) is 0 Å². The van der Waals surface area contributed by atoms with Gasteiger partial charge in [0.15, 0.2) is 0 Å². The van der Waals surface area contributed by atoms with Crippen molar-refractivity contribution in [1.82, 2.24) is 5.32 Å². The lowest BCUT2D eigenvalue weighted by atomic mass is 9.83. The van der Waals surface area contributed by atoms with Gasteiger partial charge in [-0.2, -0.15) is 0 Å². The summed E-state index contributed by atoms with van der Waals surface area (Å²) in [7, 11) is 0. The van der Waals surface area contributed by atoms with Crippen LogP contribution in [-0.2, 0) is 0 Å². The van der Waals surface area contributed by atoms with E-state index in [0.29, 0.717) is 0 Å². The minimum atomic E-state index is 0.765. The summed E-state index contributed by atoms with van der Waals surface area (Å²) in [5.41, 5.74) is 0. The van der Waals surface area contributed by atoms with Gasteiger partial charge in [0.25, 0.3) is 0 Å². The zero-order valence-corrected chi connectivity index (χ0v) is 7.92. The molecule has 2 rings (SSSR count). The molecule has 1 heterocycles. The molecule has 2 aliphatic rings. The van der Waals surface area contributed by atoms with Crippen molar-refractivity contribution in [1.29, 1.82) is 0 Å². The third kappa shape index (κ3) is 1.56. The summed E-state index contributed by atoms with van der Waals surface area (Å²) in [6, 6.07) is 0.765. The van der Waals surface area contributed by atoms with Crippen LogP contribution >= 0.6 is 0 Å². The van der Waals surface area contributed by atoms with Gasteiger partial charge in [-0.15, -0.1) is 0 Å². The van der Waals surface area contributed by atoms with Gasteiger partial charge in [0.05, 0.1) is 0 Å². The Balaban J connectivity index is 2.02. The standard InChI is InChI=1S/C11H19N/c1-9-11-7-5-3-2-4-6-10(11)8-12-9/h2-3,9-12H,4-8H2,1H3. The fourth-order valence-electron chi connectivity index (χ4n) is 2.68. The Kier molecular flexibility index (Phi) is 2.50. The van der Waals surface area contributed by atoms with Gasteiger partial charge in [0.1, 0.15) is 0 Å². The first-order chi connectivity index (χ1) is 5.88. The molecular formula is C11H19N. The van der Waals surface area contributed by atoms with Crippen LogP contribution < -0.4 is 5.32 Å². The highest BCUT2D eigenvalue weighted by atomic mass is 15.0. The minimum absolute atomic E-state index is 0.765. The van der Waals surface area contributed by atoms with Gasteiger partial charge in [-0.1, -0.05) is 12.2 Å². The second-order valence-corrected chi connectivity index (χ2v) is 4.25. The van der Waals surface area contributed by atoms with E-state index >= 15 is 0 Å². The maximum Gasteiger partial charge on any atom is 0.00703 e. The molecule has 1 aliphatic carbocycles. The fraction of sp³-hybridized carbons (Fsp3) is 0.818. The molecule has 3 unspecified atom stereocenters. The van der Waals surface area contributed by atoms with E-state index in [-0.39, 0.29) is 0 Å². The van der Waals surface area contributed by atoms with E-state index in [0.717, 1.165) is 17.9 Å². The first-order valence-electron chi connectivity index (χ1n) is 5.26. The van der Waals surface area contributed by atoms with Gasteiger partial charge in [0, 0.05) is 6.04 Å². The molecule has 1 N–H and O–H groups in total. The first-order valence-corrected chi connectivity index (χ1v) is 5.26. The van der Waals surface area contributed by atoms with Crippen LogP contribution in [0.1, 0.15) is 32.6 Å². The molecule has 1 nitrogen and oxygen atoms in total. The zero-order chi connectivity index (χ0) is 8.39. The molecule has 1 aliphatic heterocycles. The highest BCUT2D eigenvalue weighted by molar-refractivity contribution is 4.94. The number of hydrogen-bond donors (Lipinski definition) is 1. The Morgan fingerprint density at radius 1 is 1.17 bits per heavy atom. The summed E-state index contributed by atoms with van der Waals surface area (Å²) in [6.45, 7) is 3.61. The lowest BCUT2D eigenvalue weighted by Gasteiger charge is -2.22. The molecule has 1 saturated heterocycles. The van der Waals surface area contributed by atoms with Crippen LogP contribution in [-0.4, -0.2) is 12.6 Å². The summed E-state index contributed by atoms with van der Waals surface area (Å²) in [5.74, 6) is 1.92. The average Bonchev–Trinajstić information content (AvgIpc) is 2.31. The molecule has 1 fully saturated rings. The molecule has 68 valence electrons. The maximum atomic E-state index is 3.59. The molecular weight excluding hydrogens is 146 g/mol. The number of allylic oxidation sites excluding steroid dienone is 2. The largest absolute Gasteiger partial charge is 0.314 e. The van der Waals surface area contributed by atoms with Gasteiger partial charge >= 0.3 is 0 Å². The van der Waals surface area contributed by atoms with Gasteiger partial charge in [-0.05, 0) is 51.0 Å². The number of nitrogens with one attached hydrogen (secondary N) is 1. The first kappa shape index (κ1) is 8.31. The lowest BCUT2D eigenvalue weighted by molar-refractivity contribution is 0.334. The third-order valence-electron chi connectivity index (χ3n) is 3.49. The van der Waals surface area contributed by atoms with Crippen LogP contribution in [0, 0.1) is 11.8 Å². The Morgan fingerprint density at radius 3 is 2.75 bits per heavy atom. The molecule has 3 atom stereocenters. The predicted molar refractivity (Wildman–Crippen MR) is 52.1 cm³/mol. The van der Waals surface area contributed by atoms with Gasteiger partial charge in [-0.3, -0.25) is 0 Å². The highest BCUT2D eigenvalue weighted by Gasteiger charge is 2.31. The van der Waals surface area contributed by atoms with E-state index < -0.39 is 0 Å². The van der Waals surface area contributed by atoms with Crippen molar-refractivity contribution in [3.8, 4) is 0 Å². The maximum absolute atomic E-state index is 3.59. The topological polar surface area (TPSA) is 12.0 Å². The van der Waals surface area contributed by atoms with Crippen molar-refractivity contribution >= 4 is 0 Å². The van der Waals surface area contributed by atoms with Gasteiger partial charge in [0.2, 0.25) is 0 Å². The van der Waals surface area contributed by atoms with Crippen molar-refractivity contribution in [3.05, 3.63) is 12.2 Å². The summed E-state index contributed by atoms with van der Waals surface area (Å²) >= 11 is 0. The summed E-state index contributed by atoms with van der Waals surface area (Å²) in [5, 5.41) is 3.59. The smallest absolute Gasteiger partial charge is 0.00703 e. The third-order valence-corrected chi connectivity index (χ3v) is 3.49. The average molecular weight is 165 g/mol. The Morgan fingerprint density at radius 2 is 1.92 bits per heavy atom. The quantitative estimate of drug-likeness (QED) is 0.543. The molecule has 1 heteroatoms. The van der Waals surface area contributed by atoms with E-state index in [9.17, 15) is 0 Å². The molecule has 0 bridgehead atoms. The summed E-state index contributed by atoms with van der Waals surface area (Å²) < 4.78 is 0. The minimum Gasteiger partial charge on any atom is -0.314 e. The number of fused-ring (bicyclic) bond motifs is 1. The van der Waals surface area contributed by atoms with Crippen LogP contribution in [0.25, 0.3) is 0 Å². The fourth-order valence-corrected chi connectivity index (χ4v) is 2.68. The number of rotatable bonds is 0. The molecule has 0 spiro atoms. The van der Waals surface area contributed by atoms with Crippen molar-refractivity contribution < 1.29 is 0 Å². The molecule has 0 aromatic rings. The highest BCUT2D eigenvalue weighted by Crippen LogP contribution is 2.31. The van der Waals surface area contributed by atoms with Crippen LogP contribution in [0.5, 0.6) is 0 Å². The normalized spacial score (nSPS) is 41.9. The second-order valence-electron chi connectivity index (χ2n) is 4.25. The summed E-state index contributed by atoms with van der Waals surface area (Å²) in [6.07, 6.45) is 10.1. The van der Waals surface area contributed by atoms with Crippen LogP contribution in [0.2, 0.25) is 0 Å². The van der Waals surface area contributed by atoms with Crippen molar-refractivity contribution in [2.75, 3.05) is 6.54 Å². The molecule has 0 aromatic heterocycles. The molecule has 0 aromatic carbocycles. The monoisotopic (exact) mass is 165 g/mol. The number of hydrogen-bond acceptors (Lipinski definition) is 1. The van der Waals surface area contributed by atoms with Crippen LogP contribution in [0.4, 0.5) is 0 Å². The summed E-state index contributed by atoms with van der Waals surface area (Å²) in [4.78, 5) is 0. The molecule has 0 radical (unpaired) electrons. The van der Waals surface area contributed by atoms with E-state index in [2.05, 4.69) is 24.4 Å². The molecule has 12 heavy (non-hydrogen) atoms. The Hall–Kier alpha value is -0.300. The van der Waals surface area contributed by atoms with E-state index in [1.54, 1.807) is 0 Å². The second kappa shape index (κ2) is 3.61. The van der Waals surface area contributed by atoms with Crippen molar-refractivity contribution in [2.24, 2.45) is 11.8 Å². The van der Waals surface area contributed by atoms with Crippen molar-refractivity contribution in [3.63, 3.8) is 0 Å². The van der Waals surface area contributed by atoms with Crippen molar-refractivity contribution in [2.45, 2.75) is 38.6 Å². The van der Waals surface area contributed by atoms with Crippen LogP contribution in [0.15, 0.2) is 12.2 Å². The lowest BCUT2D eigenvalue weighted by Crippen LogP contribution is -2.23. The Labute approximate surface area is 75.2 Å².